The van der Waals surface area contributed by atoms with E-state index in [-0.39, 0.29) is 6.10 Å². The second-order valence-corrected chi connectivity index (χ2v) is 5.71. The summed E-state index contributed by atoms with van der Waals surface area (Å²) in [5, 5.41) is 13.1. The summed E-state index contributed by atoms with van der Waals surface area (Å²) < 4.78 is 0. The molecule has 0 bridgehead atoms. The van der Waals surface area contributed by atoms with E-state index in [0.717, 1.165) is 24.5 Å². The van der Waals surface area contributed by atoms with Gasteiger partial charge in [-0.3, -0.25) is 4.90 Å². The highest BCUT2D eigenvalue weighted by Gasteiger charge is 2.24. The molecule has 3 nitrogen and oxygen atoms in total. The second-order valence-electron chi connectivity index (χ2n) is 4.73. The molecule has 1 aromatic heterocycles. The Bertz CT molecular complexity index is 302. The molecule has 2 rings (SSSR count). The molecule has 0 aromatic carbocycles. The number of hydrogen-bond donors (Lipinski definition) is 1. The number of aliphatic hydroxyl groups excluding tert-OH is 1. The second kappa shape index (κ2) is 5.75. The van der Waals surface area contributed by atoms with E-state index in [0.29, 0.717) is 5.92 Å². The maximum Gasteiger partial charge on any atom is 0.107 e. The third-order valence-electron chi connectivity index (χ3n) is 3.30. The Morgan fingerprint density at radius 1 is 1.50 bits per heavy atom. The first-order chi connectivity index (χ1) is 7.75. The lowest BCUT2D eigenvalue weighted by Gasteiger charge is -2.30. The average molecular weight is 240 g/mol. The molecule has 1 saturated carbocycles. The van der Waals surface area contributed by atoms with Crippen LogP contribution in [0.25, 0.3) is 0 Å². The zero-order chi connectivity index (χ0) is 11.4. The summed E-state index contributed by atoms with van der Waals surface area (Å²) in [6.45, 7) is 1.89. The summed E-state index contributed by atoms with van der Waals surface area (Å²) in [6.07, 6.45) is 6.37. The Morgan fingerprint density at radius 2 is 2.31 bits per heavy atom. The zero-order valence-electron chi connectivity index (χ0n) is 9.80. The van der Waals surface area contributed by atoms with Gasteiger partial charge in [0.2, 0.25) is 0 Å². The lowest BCUT2D eigenvalue weighted by molar-refractivity contribution is 0.0501. The van der Waals surface area contributed by atoms with E-state index in [1.165, 1.54) is 19.3 Å². The molecule has 0 radical (unpaired) electrons. The first-order valence-corrected chi connectivity index (χ1v) is 6.88. The van der Waals surface area contributed by atoms with Crippen LogP contribution in [0.15, 0.2) is 11.6 Å². The van der Waals surface area contributed by atoms with Crippen LogP contribution in [0, 0.1) is 5.92 Å². The largest absolute Gasteiger partial charge is 0.393 e. The first kappa shape index (κ1) is 12.0. The maximum absolute atomic E-state index is 9.90. The van der Waals surface area contributed by atoms with Gasteiger partial charge in [0, 0.05) is 18.1 Å². The molecule has 1 heterocycles. The molecule has 0 amide bonds. The Morgan fingerprint density at radius 3 is 3.00 bits per heavy atom. The van der Waals surface area contributed by atoms with E-state index in [1.807, 2.05) is 11.6 Å². The quantitative estimate of drug-likeness (QED) is 0.876. The summed E-state index contributed by atoms with van der Waals surface area (Å²) in [7, 11) is 2.11. The average Bonchev–Trinajstić information content (AvgIpc) is 2.74. The van der Waals surface area contributed by atoms with E-state index in [2.05, 4.69) is 16.9 Å². The standard InChI is InChI=1S/C12H20N2OS/c1-14(9-12-13-6-7-16-12)8-10-4-2-3-5-11(10)15/h6-7,10-11,15H,2-5,8-9H2,1H3. The minimum absolute atomic E-state index is 0.0903. The van der Waals surface area contributed by atoms with Crippen LogP contribution in [-0.2, 0) is 6.54 Å². The normalized spacial score (nSPS) is 26.2. The smallest absolute Gasteiger partial charge is 0.107 e. The fourth-order valence-electron chi connectivity index (χ4n) is 2.43. The van der Waals surface area contributed by atoms with E-state index >= 15 is 0 Å². The van der Waals surface area contributed by atoms with Crippen molar-refractivity contribution >= 4 is 11.3 Å². The summed E-state index contributed by atoms with van der Waals surface area (Å²) >= 11 is 1.70. The van der Waals surface area contributed by atoms with E-state index in [4.69, 9.17) is 0 Å². The Labute approximate surface area is 101 Å². The minimum atomic E-state index is -0.0903. The summed E-state index contributed by atoms with van der Waals surface area (Å²) in [5.41, 5.74) is 0. The lowest BCUT2D eigenvalue weighted by Crippen LogP contribution is -2.34. The molecule has 1 aliphatic carbocycles. The van der Waals surface area contributed by atoms with Crippen molar-refractivity contribution in [1.29, 1.82) is 0 Å². The van der Waals surface area contributed by atoms with Crippen LogP contribution in [0.5, 0.6) is 0 Å². The fourth-order valence-corrected chi connectivity index (χ4v) is 3.12. The molecular formula is C12H20N2OS. The van der Waals surface area contributed by atoms with Crippen LogP contribution in [0.2, 0.25) is 0 Å². The van der Waals surface area contributed by atoms with Gasteiger partial charge < -0.3 is 5.11 Å². The summed E-state index contributed by atoms with van der Waals surface area (Å²) in [4.78, 5) is 6.56. The third-order valence-corrected chi connectivity index (χ3v) is 4.07. The Balaban J connectivity index is 1.79. The lowest BCUT2D eigenvalue weighted by atomic mass is 9.86. The number of nitrogens with zero attached hydrogens (tertiary/aromatic N) is 2. The van der Waals surface area contributed by atoms with Crippen LogP contribution >= 0.6 is 11.3 Å². The third kappa shape index (κ3) is 3.27. The van der Waals surface area contributed by atoms with E-state index in [9.17, 15) is 5.11 Å². The molecule has 2 unspecified atom stereocenters. The van der Waals surface area contributed by atoms with Crippen molar-refractivity contribution < 1.29 is 5.11 Å². The van der Waals surface area contributed by atoms with E-state index < -0.39 is 0 Å². The molecule has 0 saturated heterocycles. The SMILES string of the molecule is CN(Cc1nccs1)CC1CCCCC1O. The highest BCUT2D eigenvalue weighted by molar-refractivity contribution is 7.09. The molecule has 2 atom stereocenters. The molecule has 4 heteroatoms. The monoisotopic (exact) mass is 240 g/mol. The Kier molecular flexibility index (Phi) is 4.32. The van der Waals surface area contributed by atoms with Crippen molar-refractivity contribution in [1.82, 2.24) is 9.88 Å². The van der Waals surface area contributed by atoms with Crippen molar-refractivity contribution in [3.05, 3.63) is 16.6 Å². The number of rotatable bonds is 4. The molecule has 1 aromatic rings. The van der Waals surface area contributed by atoms with Crippen molar-refractivity contribution in [3.8, 4) is 0 Å². The van der Waals surface area contributed by atoms with Crippen LogP contribution in [0.4, 0.5) is 0 Å². The molecule has 1 aliphatic rings. The fraction of sp³-hybridized carbons (Fsp3) is 0.750. The van der Waals surface area contributed by atoms with Crippen LogP contribution < -0.4 is 0 Å². The van der Waals surface area contributed by atoms with Gasteiger partial charge in [0.15, 0.2) is 0 Å². The predicted molar refractivity (Wildman–Crippen MR) is 66.4 cm³/mol. The van der Waals surface area contributed by atoms with Crippen molar-refractivity contribution in [3.63, 3.8) is 0 Å². The molecule has 1 N–H and O–H groups in total. The molecule has 90 valence electrons. The van der Waals surface area contributed by atoms with Gasteiger partial charge in [-0.2, -0.15) is 0 Å². The topological polar surface area (TPSA) is 36.4 Å². The summed E-state index contributed by atoms with van der Waals surface area (Å²) in [5.74, 6) is 0.457. The summed E-state index contributed by atoms with van der Waals surface area (Å²) in [6, 6.07) is 0. The van der Waals surface area contributed by atoms with Gasteiger partial charge in [0.25, 0.3) is 0 Å². The molecular weight excluding hydrogens is 220 g/mol. The van der Waals surface area contributed by atoms with Crippen molar-refractivity contribution in [2.75, 3.05) is 13.6 Å². The van der Waals surface area contributed by atoms with Crippen LogP contribution in [0.3, 0.4) is 0 Å². The van der Waals surface area contributed by atoms with Gasteiger partial charge in [-0.1, -0.05) is 12.8 Å². The van der Waals surface area contributed by atoms with Gasteiger partial charge in [-0.25, -0.2) is 4.98 Å². The van der Waals surface area contributed by atoms with Gasteiger partial charge >= 0.3 is 0 Å². The zero-order valence-corrected chi connectivity index (χ0v) is 10.6. The molecule has 0 aliphatic heterocycles. The van der Waals surface area contributed by atoms with Crippen LogP contribution in [-0.4, -0.2) is 34.7 Å². The number of aliphatic hydroxyl groups is 1. The molecule has 0 spiro atoms. The minimum Gasteiger partial charge on any atom is -0.393 e. The maximum atomic E-state index is 9.90. The molecule has 1 fully saturated rings. The van der Waals surface area contributed by atoms with E-state index in [1.54, 1.807) is 11.3 Å². The van der Waals surface area contributed by atoms with Crippen molar-refractivity contribution in [2.24, 2.45) is 5.92 Å². The number of thiazole rings is 1. The van der Waals surface area contributed by atoms with Gasteiger partial charge in [0.05, 0.1) is 12.6 Å². The Hall–Kier alpha value is -0.450. The van der Waals surface area contributed by atoms with Gasteiger partial charge in [0.1, 0.15) is 5.01 Å². The highest BCUT2D eigenvalue weighted by atomic mass is 32.1. The number of hydrogen-bond acceptors (Lipinski definition) is 4. The van der Waals surface area contributed by atoms with Gasteiger partial charge in [-0.05, 0) is 25.8 Å². The van der Waals surface area contributed by atoms with Crippen molar-refractivity contribution in [2.45, 2.75) is 38.3 Å². The first-order valence-electron chi connectivity index (χ1n) is 6.00. The number of aromatic nitrogens is 1. The molecule has 16 heavy (non-hydrogen) atoms. The van der Waals surface area contributed by atoms with Crippen LogP contribution in [0.1, 0.15) is 30.7 Å². The highest BCUT2D eigenvalue weighted by Crippen LogP contribution is 2.25. The predicted octanol–water partition coefficient (Wildman–Crippen LogP) is 2.13. The van der Waals surface area contributed by atoms with Gasteiger partial charge in [-0.15, -0.1) is 11.3 Å².